The molecule has 2 aromatic rings. The summed E-state index contributed by atoms with van der Waals surface area (Å²) in [6.45, 7) is 0. The molecular formula is C19H18N2O4S. The van der Waals surface area contributed by atoms with E-state index in [1.165, 1.54) is 11.8 Å². The van der Waals surface area contributed by atoms with Crippen molar-refractivity contribution in [3.8, 4) is 17.2 Å². The quantitative estimate of drug-likeness (QED) is 0.815. The molecule has 1 heterocycles. The SMILES string of the molecule is COc1ccc(N=C2NC(=O)/C(=C\c3ccc(OC)c(OC)c3)S2)cc1. The van der Waals surface area contributed by atoms with E-state index in [0.717, 1.165) is 17.0 Å². The first kappa shape index (κ1) is 17.9. The predicted octanol–water partition coefficient (Wildman–Crippen LogP) is 3.60. The summed E-state index contributed by atoms with van der Waals surface area (Å²) in [5.41, 5.74) is 1.58. The molecule has 26 heavy (non-hydrogen) atoms. The van der Waals surface area contributed by atoms with Gasteiger partial charge in [0.15, 0.2) is 16.7 Å². The number of methoxy groups -OCH3 is 3. The highest BCUT2D eigenvalue weighted by Crippen LogP contribution is 2.32. The fourth-order valence-electron chi connectivity index (χ4n) is 2.35. The van der Waals surface area contributed by atoms with E-state index in [1.807, 2.05) is 36.4 Å². The van der Waals surface area contributed by atoms with E-state index in [-0.39, 0.29) is 5.91 Å². The van der Waals surface area contributed by atoms with Crippen LogP contribution in [-0.4, -0.2) is 32.4 Å². The van der Waals surface area contributed by atoms with Crippen molar-refractivity contribution in [2.75, 3.05) is 21.3 Å². The van der Waals surface area contributed by atoms with Crippen molar-refractivity contribution >= 4 is 34.6 Å². The Bertz CT molecular complexity index is 876. The number of nitrogens with one attached hydrogen (secondary N) is 1. The van der Waals surface area contributed by atoms with Crippen LogP contribution in [0.25, 0.3) is 6.08 Å². The Morgan fingerprint density at radius 3 is 2.35 bits per heavy atom. The second-order valence-electron chi connectivity index (χ2n) is 5.29. The third-order valence-corrected chi connectivity index (χ3v) is 4.57. The number of ether oxygens (including phenoxy) is 3. The zero-order valence-electron chi connectivity index (χ0n) is 14.6. The molecule has 2 aromatic carbocycles. The number of amidine groups is 1. The van der Waals surface area contributed by atoms with Crippen LogP contribution < -0.4 is 19.5 Å². The van der Waals surface area contributed by atoms with Crippen molar-refractivity contribution in [3.63, 3.8) is 0 Å². The number of carbonyl (C=O) groups is 1. The number of carbonyl (C=O) groups excluding carboxylic acids is 1. The lowest BCUT2D eigenvalue weighted by molar-refractivity contribution is -0.115. The van der Waals surface area contributed by atoms with Gasteiger partial charge in [0.25, 0.3) is 5.91 Å². The Morgan fingerprint density at radius 1 is 0.962 bits per heavy atom. The molecule has 1 fully saturated rings. The molecule has 134 valence electrons. The van der Waals surface area contributed by atoms with E-state index in [0.29, 0.717) is 21.6 Å². The summed E-state index contributed by atoms with van der Waals surface area (Å²) in [5, 5.41) is 3.31. The maximum atomic E-state index is 12.2. The monoisotopic (exact) mass is 370 g/mol. The Balaban J connectivity index is 1.80. The lowest BCUT2D eigenvalue weighted by atomic mass is 10.2. The van der Waals surface area contributed by atoms with Crippen LogP contribution in [0.15, 0.2) is 52.4 Å². The standard InChI is InChI=1S/C19H18N2O4S/c1-23-14-7-5-13(6-8-14)20-19-21-18(22)17(26-19)11-12-4-9-15(24-2)16(10-12)25-3/h4-11H,1-3H3,(H,20,21,22)/b17-11+. The molecule has 0 bridgehead atoms. The molecule has 1 amide bonds. The summed E-state index contributed by atoms with van der Waals surface area (Å²) in [6, 6.07) is 12.8. The summed E-state index contributed by atoms with van der Waals surface area (Å²) in [4.78, 5) is 17.2. The van der Waals surface area contributed by atoms with Crippen molar-refractivity contribution in [2.24, 2.45) is 4.99 Å². The van der Waals surface area contributed by atoms with Gasteiger partial charge >= 0.3 is 0 Å². The van der Waals surface area contributed by atoms with Crippen molar-refractivity contribution in [1.29, 1.82) is 0 Å². The first-order valence-corrected chi connectivity index (χ1v) is 8.60. The number of rotatable bonds is 5. The van der Waals surface area contributed by atoms with E-state index in [1.54, 1.807) is 33.5 Å². The third-order valence-electron chi connectivity index (χ3n) is 3.66. The van der Waals surface area contributed by atoms with Gasteiger partial charge in [-0.2, -0.15) is 0 Å². The maximum Gasteiger partial charge on any atom is 0.264 e. The van der Waals surface area contributed by atoms with Crippen LogP contribution in [0.4, 0.5) is 5.69 Å². The highest BCUT2D eigenvalue weighted by Gasteiger charge is 2.24. The third kappa shape index (κ3) is 4.00. The minimum Gasteiger partial charge on any atom is -0.497 e. The first-order valence-electron chi connectivity index (χ1n) is 7.78. The van der Waals surface area contributed by atoms with Gasteiger partial charge in [-0.25, -0.2) is 4.99 Å². The number of amides is 1. The fraction of sp³-hybridized carbons (Fsp3) is 0.158. The average Bonchev–Trinajstić information content (AvgIpc) is 3.01. The second kappa shape index (κ2) is 7.97. The first-order chi connectivity index (χ1) is 12.6. The Kier molecular flexibility index (Phi) is 5.48. The minimum atomic E-state index is -0.183. The molecule has 1 aliphatic heterocycles. The molecule has 7 heteroatoms. The second-order valence-corrected chi connectivity index (χ2v) is 6.32. The summed E-state index contributed by atoms with van der Waals surface area (Å²) in [7, 11) is 4.77. The molecular weight excluding hydrogens is 352 g/mol. The molecule has 0 radical (unpaired) electrons. The highest BCUT2D eigenvalue weighted by molar-refractivity contribution is 8.18. The van der Waals surface area contributed by atoms with Crippen LogP contribution >= 0.6 is 11.8 Å². The van der Waals surface area contributed by atoms with Crippen molar-refractivity contribution in [3.05, 3.63) is 52.9 Å². The van der Waals surface area contributed by atoms with Gasteiger partial charge in [-0.05, 0) is 59.8 Å². The van der Waals surface area contributed by atoms with Gasteiger partial charge in [0.2, 0.25) is 0 Å². The number of thioether (sulfide) groups is 1. The fourth-order valence-corrected chi connectivity index (χ4v) is 3.19. The van der Waals surface area contributed by atoms with Gasteiger partial charge in [0.1, 0.15) is 5.75 Å². The average molecular weight is 370 g/mol. The number of hydrogen-bond donors (Lipinski definition) is 1. The number of benzene rings is 2. The van der Waals surface area contributed by atoms with Crippen molar-refractivity contribution in [2.45, 2.75) is 0 Å². The van der Waals surface area contributed by atoms with Gasteiger partial charge in [-0.3, -0.25) is 4.79 Å². The molecule has 1 N–H and O–H groups in total. The Morgan fingerprint density at radius 2 is 1.69 bits per heavy atom. The molecule has 0 atom stereocenters. The van der Waals surface area contributed by atoms with Crippen LogP contribution in [0, 0.1) is 0 Å². The van der Waals surface area contributed by atoms with Gasteiger partial charge in [-0.1, -0.05) is 6.07 Å². The molecule has 3 rings (SSSR count). The van der Waals surface area contributed by atoms with Gasteiger partial charge in [-0.15, -0.1) is 0 Å². The summed E-state index contributed by atoms with van der Waals surface area (Å²) < 4.78 is 15.6. The van der Waals surface area contributed by atoms with Gasteiger partial charge in [0.05, 0.1) is 31.9 Å². The normalized spacial score (nSPS) is 16.7. The highest BCUT2D eigenvalue weighted by atomic mass is 32.2. The molecule has 0 aliphatic carbocycles. The van der Waals surface area contributed by atoms with Crippen molar-refractivity contribution < 1.29 is 19.0 Å². The molecule has 6 nitrogen and oxygen atoms in total. The molecule has 0 saturated carbocycles. The lowest BCUT2D eigenvalue weighted by Gasteiger charge is -2.07. The molecule has 0 unspecified atom stereocenters. The summed E-state index contributed by atoms with van der Waals surface area (Å²) in [6.07, 6.45) is 1.79. The number of hydrogen-bond acceptors (Lipinski definition) is 6. The van der Waals surface area contributed by atoms with Crippen LogP contribution in [0.2, 0.25) is 0 Å². The summed E-state index contributed by atoms with van der Waals surface area (Å²) >= 11 is 1.29. The zero-order chi connectivity index (χ0) is 18.5. The lowest BCUT2D eigenvalue weighted by Crippen LogP contribution is -2.19. The topological polar surface area (TPSA) is 69.2 Å². The van der Waals surface area contributed by atoms with Crippen molar-refractivity contribution in [1.82, 2.24) is 5.32 Å². The molecule has 0 aromatic heterocycles. The molecule has 0 spiro atoms. The van der Waals surface area contributed by atoms with E-state index < -0.39 is 0 Å². The summed E-state index contributed by atoms with van der Waals surface area (Å²) in [5.74, 6) is 1.82. The maximum absolute atomic E-state index is 12.2. The van der Waals surface area contributed by atoms with E-state index in [9.17, 15) is 4.79 Å². The smallest absolute Gasteiger partial charge is 0.264 e. The van der Waals surface area contributed by atoms with Crippen LogP contribution in [0.5, 0.6) is 17.2 Å². The largest absolute Gasteiger partial charge is 0.497 e. The van der Waals surface area contributed by atoms with Gasteiger partial charge in [0, 0.05) is 0 Å². The number of aliphatic imine (C=N–C) groups is 1. The molecule has 1 saturated heterocycles. The van der Waals surface area contributed by atoms with E-state index in [4.69, 9.17) is 14.2 Å². The Labute approximate surface area is 155 Å². The number of nitrogens with zero attached hydrogens (tertiary/aromatic N) is 1. The van der Waals surface area contributed by atoms with Crippen LogP contribution in [-0.2, 0) is 4.79 Å². The molecule has 1 aliphatic rings. The van der Waals surface area contributed by atoms with Gasteiger partial charge < -0.3 is 19.5 Å². The predicted molar refractivity (Wildman–Crippen MR) is 103 cm³/mol. The van der Waals surface area contributed by atoms with E-state index >= 15 is 0 Å². The minimum absolute atomic E-state index is 0.183. The van der Waals surface area contributed by atoms with E-state index in [2.05, 4.69) is 10.3 Å². The Hall–Kier alpha value is -2.93. The van der Waals surface area contributed by atoms with Crippen LogP contribution in [0.1, 0.15) is 5.56 Å². The zero-order valence-corrected chi connectivity index (χ0v) is 15.4. The van der Waals surface area contributed by atoms with Crippen LogP contribution in [0.3, 0.4) is 0 Å².